The van der Waals surface area contributed by atoms with Crippen LogP contribution < -0.4 is 0 Å². The molecular weight excluding hydrogens is 278 g/mol. The van der Waals surface area contributed by atoms with Gasteiger partial charge in [0.05, 0.1) is 36.9 Å². The summed E-state index contributed by atoms with van der Waals surface area (Å²) in [6, 6.07) is 2.16. The molecule has 0 aromatic rings. The first-order chi connectivity index (χ1) is 10.6. The van der Waals surface area contributed by atoms with Crippen LogP contribution in [-0.4, -0.2) is 36.6 Å². The highest BCUT2D eigenvalue weighted by Gasteiger charge is 2.23. The van der Waals surface area contributed by atoms with Crippen molar-refractivity contribution in [1.29, 1.82) is 5.26 Å². The molecule has 0 saturated carbocycles. The Morgan fingerprint density at radius 3 is 2.86 bits per heavy atom. The highest BCUT2D eigenvalue weighted by Crippen LogP contribution is 2.25. The van der Waals surface area contributed by atoms with Gasteiger partial charge in [0, 0.05) is 7.11 Å². The van der Waals surface area contributed by atoms with Gasteiger partial charge in [-0.2, -0.15) is 5.26 Å². The van der Waals surface area contributed by atoms with E-state index in [0.717, 1.165) is 32.1 Å². The monoisotopic (exact) mass is 309 g/mol. The summed E-state index contributed by atoms with van der Waals surface area (Å²) < 4.78 is 11.5. The lowest BCUT2D eigenvalue weighted by molar-refractivity contribution is -0.0139. The number of aliphatic hydroxyl groups is 1. The molecule has 1 heterocycles. The second-order valence-corrected chi connectivity index (χ2v) is 6.44. The lowest BCUT2D eigenvalue weighted by Crippen LogP contribution is -2.27. The smallest absolute Gasteiger partial charge is 0.0889 e. The number of hydrogen-bond donors (Lipinski definition) is 1. The number of hydrogen-bond acceptors (Lipinski definition) is 4. The van der Waals surface area contributed by atoms with E-state index in [9.17, 15) is 5.11 Å². The molecule has 4 nitrogen and oxygen atoms in total. The van der Waals surface area contributed by atoms with Gasteiger partial charge >= 0.3 is 0 Å². The average Bonchev–Trinajstić information content (AvgIpc) is 2.47. The summed E-state index contributed by atoms with van der Waals surface area (Å²) in [6.45, 7) is 4.29. The molecule has 1 aliphatic heterocycles. The summed E-state index contributed by atoms with van der Waals surface area (Å²) >= 11 is 0. The van der Waals surface area contributed by atoms with Crippen LogP contribution >= 0.6 is 0 Å². The highest BCUT2D eigenvalue weighted by atomic mass is 16.5. The van der Waals surface area contributed by atoms with Gasteiger partial charge in [-0.15, -0.1) is 0 Å². The van der Waals surface area contributed by atoms with E-state index in [1.54, 1.807) is 7.11 Å². The Bertz CT molecular complexity index is 364. The molecule has 22 heavy (non-hydrogen) atoms. The van der Waals surface area contributed by atoms with Gasteiger partial charge in [-0.25, -0.2) is 0 Å². The fourth-order valence-electron chi connectivity index (χ4n) is 3.13. The third-order valence-corrected chi connectivity index (χ3v) is 4.23. The molecule has 5 atom stereocenters. The zero-order valence-electron chi connectivity index (χ0n) is 14.2. The van der Waals surface area contributed by atoms with Crippen molar-refractivity contribution < 1.29 is 14.6 Å². The molecule has 0 unspecified atom stereocenters. The van der Waals surface area contributed by atoms with Gasteiger partial charge in [0.2, 0.25) is 0 Å². The third kappa shape index (κ3) is 7.40. The van der Waals surface area contributed by atoms with E-state index in [1.807, 2.05) is 6.08 Å². The quantitative estimate of drug-likeness (QED) is 0.626. The number of aliphatic hydroxyl groups excluding tert-OH is 1. The first-order valence-corrected chi connectivity index (χ1v) is 8.48. The van der Waals surface area contributed by atoms with Gasteiger partial charge < -0.3 is 14.6 Å². The van der Waals surface area contributed by atoms with E-state index >= 15 is 0 Å². The molecule has 0 aromatic heterocycles. The molecule has 0 radical (unpaired) electrons. The van der Waals surface area contributed by atoms with Gasteiger partial charge in [-0.3, -0.25) is 0 Å². The molecule has 0 bridgehead atoms. The molecule has 0 aliphatic carbocycles. The van der Waals surface area contributed by atoms with Crippen LogP contribution in [0.2, 0.25) is 0 Å². The molecule has 0 spiro atoms. The SMILES string of the molecule is CCC[C@H](O)C[C@H](C[C@H](C)C[C@@H]1CC=C[C@H](CC#N)O1)OC. The Kier molecular flexibility index (Phi) is 9.38. The lowest BCUT2D eigenvalue weighted by Gasteiger charge is -2.28. The van der Waals surface area contributed by atoms with Crippen LogP contribution in [0.25, 0.3) is 0 Å². The maximum Gasteiger partial charge on any atom is 0.0889 e. The van der Waals surface area contributed by atoms with Gasteiger partial charge in [0.25, 0.3) is 0 Å². The van der Waals surface area contributed by atoms with Gasteiger partial charge in [0.15, 0.2) is 0 Å². The predicted molar refractivity (Wildman–Crippen MR) is 87.4 cm³/mol. The molecule has 1 rings (SSSR count). The molecule has 4 heteroatoms. The van der Waals surface area contributed by atoms with Crippen LogP contribution in [0, 0.1) is 17.2 Å². The second-order valence-electron chi connectivity index (χ2n) is 6.44. The molecule has 1 aliphatic rings. The number of nitrogens with zero attached hydrogens (tertiary/aromatic N) is 1. The molecule has 0 amide bonds. The van der Waals surface area contributed by atoms with Crippen molar-refractivity contribution in [3.05, 3.63) is 12.2 Å². The molecular formula is C18H31NO3. The van der Waals surface area contributed by atoms with E-state index in [0.29, 0.717) is 18.8 Å². The summed E-state index contributed by atoms with van der Waals surface area (Å²) in [7, 11) is 1.72. The van der Waals surface area contributed by atoms with Crippen molar-refractivity contribution in [2.45, 2.75) is 83.2 Å². The predicted octanol–water partition coefficient (Wildman–Crippen LogP) is 3.60. The fraction of sp³-hybridized carbons (Fsp3) is 0.833. The Labute approximate surface area is 135 Å². The maximum absolute atomic E-state index is 9.93. The standard InChI is InChI=1S/C18H31NO3/c1-4-6-15(20)13-18(21-3)12-14(2)11-17-8-5-7-16(22-17)9-10-19/h5,7,14-18,20H,4,6,8-9,11-13H2,1-3H3/t14-,15+,16-,17+,18+/m1/s1. The first-order valence-electron chi connectivity index (χ1n) is 8.48. The summed E-state index contributed by atoms with van der Waals surface area (Å²) in [6.07, 6.45) is 9.87. The van der Waals surface area contributed by atoms with E-state index in [4.69, 9.17) is 14.7 Å². The molecule has 0 aromatic carbocycles. The number of methoxy groups -OCH3 is 1. The van der Waals surface area contributed by atoms with Crippen molar-refractivity contribution >= 4 is 0 Å². The Morgan fingerprint density at radius 1 is 1.45 bits per heavy atom. The molecule has 1 N–H and O–H groups in total. The zero-order chi connectivity index (χ0) is 16.4. The Morgan fingerprint density at radius 2 is 2.23 bits per heavy atom. The minimum absolute atomic E-state index is 0.0550. The van der Waals surface area contributed by atoms with Crippen LogP contribution in [-0.2, 0) is 9.47 Å². The Hall–Kier alpha value is -0.890. The topological polar surface area (TPSA) is 62.5 Å². The van der Waals surface area contributed by atoms with Crippen LogP contribution in [0.5, 0.6) is 0 Å². The van der Waals surface area contributed by atoms with Crippen molar-refractivity contribution in [3.63, 3.8) is 0 Å². The minimum atomic E-state index is -0.268. The van der Waals surface area contributed by atoms with Gasteiger partial charge in [-0.1, -0.05) is 32.4 Å². The fourth-order valence-corrected chi connectivity index (χ4v) is 3.13. The minimum Gasteiger partial charge on any atom is -0.393 e. The van der Waals surface area contributed by atoms with E-state index in [-0.39, 0.29) is 24.4 Å². The van der Waals surface area contributed by atoms with Crippen molar-refractivity contribution in [2.75, 3.05) is 7.11 Å². The van der Waals surface area contributed by atoms with Crippen LogP contribution in [0.15, 0.2) is 12.2 Å². The number of rotatable bonds is 10. The molecule has 0 saturated heterocycles. The van der Waals surface area contributed by atoms with Crippen molar-refractivity contribution in [2.24, 2.45) is 5.92 Å². The lowest BCUT2D eigenvalue weighted by atomic mass is 9.92. The van der Waals surface area contributed by atoms with Gasteiger partial charge in [0.1, 0.15) is 0 Å². The first kappa shape index (κ1) is 19.2. The number of nitriles is 1. The average molecular weight is 309 g/mol. The summed E-state index contributed by atoms with van der Waals surface area (Å²) in [5.41, 5.74) is 0. The normalized spacial score (nSPS) is 25.4. The summed E-state index contributed by atoms with van der Waals surface area (Å²) in [5.74, 6) is 0.470. The molecule has 126 valence electrons. The van der Waals surface area contributed by atoms with Crippen LogP contribution in [0.3, 0.4) is 0 Å². The zero-order valence-corrected chi connectivity index (χ0v) is 14.2. The van der Waals surface area contributed by atoms with Gasteiger partial charge in [-0.05, 0) is 38.0 Å². The molecule has 0 fully saturated rings. The van der Waals surface area contributed by atoms with E-state index in [2.05, 4.69) is 26.0 Å². The van der Waals surface area contributed by atoms with Crippen molar-refractivity contribution in [3.8, 4) is 6.07 Å². The summed E-state index contributed by atoms with van der Waals surface area (Å²) in [4.78, 5) is 0. The largest absolute Gasteiger partial charge is 0.393 e. The van der Waals surface area contributed by atoms with Crippen LogP contribution in [0.1, 0.15) is 58.8 Å². The Balaban J connectivity index is 2.36. The van der Waals surface area contributed by atoms with E-state index in [1.165, 1.54) is 0 Å². The second kappa shape index (κ2) is 10.8. The summed E-state index contributed by atoms with van der Waals surface area (Å²) in [5, 5.41) is 18.7. The highest BCUT2D eigenvalue weighted by molar-refractivity contribution is 4.99. The third-order valence-electron chi connectivity index (χ3n) is 4.23. The van der Waals surface area contributed by atoms with E-state index < -0.39 is 0 Å². The van der Waals surface area contributed by atoms with Crippen LogP contribution in [0.4, 0.5) is 0 Å². The van der Waals surface area contributed by atoms with Crippen molar-refractivity contribution in [1.82, 2.24) is 0 Å². The number of ether oxygens (including phenoxy) is 2. The maximum atomic E-state index is 9.93.